The minimum atomic E-state index is -4.46. The van der Waals surface area contributed by atoms with Gasteiger partial charge in [0, 0.05) is 5.56 Å². The Morgan fingerprint density at radius 2 is 1.65 bits per heavy atom. The molecule has 0 unspecified atom stereocenters. The summed E-state index contributed by atoms with van der Waals surface area (Å²) in [5.74, 6) is 0. The van der Waals surface area contributed by atoms with Crippen molar-refractivity contribution in [2.24, 2.45) is 0 Å². The normalized spacial score (nSPS) is 12.4. The van der Waals surface area contributed by atoms with E-state index in [0.717, 1.165) is 18.2 Å². The average molecular weight is 246 g/mol. The van der Waals surface area contributed by atoms with E-state index in [-0.39, 0.29) is 16.3 Å². The Hall–Kier alpha value is -1.65. The first-order chi connectivity index (χ1) is 7.89. The van der Waals surface area contributed by atoms with Gasteiger partial charge >= 0.3 is 6.18 Å². The monoisotopic (exact) mass is 246 g/mol. The summed E-state index contributed by atoms with van der Waals surface area (Å²) in [4.78, 5) is 0. The van der Waals surface area contributed by atoms with Crippen LogP contribution >= 0.6 is 0 Å². The Balaban J connectivity index is 2.65. The zero-order chi connectivity index (χ0) is 12.6. The second-order valence-electron chi connectivity index (χ2n) is 3.58. The number of rotatable bonds is 1. The van der Waals surface area contributed by atoms with E-state index in [9.17, 15) is 22.0 Å². The fourth-order valence-corrected chi connectivity index (χ4v) is 1.68. The van der Waals surface area contributed by atoms with Gasteiger partial charge in [-0.2, -0.15) is 13.2 Å². The summed E-state index contributed by atoms with van der Waals surface area (Å²) in [6.07, 6.45) is -7.16. The zero-order valence-electron chi connectivity index (χ0n) is 8.43. The first-order valence-corrected chi connectivity index (χ1v) is 4.77. The lowest BCUT2D eigenvalue weighted by molar-refractivity contribution is -0.137. The van der Waals surface area contributed by atoms with E-state index < -0.39 is 18.2 Å². The molecule has 0 nitrogen and oxygen atoms in total. The molecule has 2 aromatic carbocycles. The van der Waals surface area contributed by atoms with E-state index in [2.05, 4.69) is 0 Å². The van der Waals surface area contributed by atoms with Crippen LogP contribution in [0.15, 0.2) is 36.4 Å². The number of alkyl halides is 5. The van der Waals surface area contributed by atoms with Crippen LogP contribution in [0.4, 0.5) is 22.0 Å². The van der Waals surface area contributed by atoms with Crippen LogP contribution < -0.4 is 0 Å². The van der Waals surface area contributed by atoms with E-state index in [1.165, 1.54) is 18.2 Å². The van der Waals surface area contributed by atoms with Gasteiger partial charge in [0.25, 0.3) is 6.43 Å². The van der Waals surface area contributed by atoms with Gasteiger partial charge in [0.05, 0.1) is 5.56 Å². The Kier molecular flexibility index (Phi) is 2.77. The highest BCUT2D eigenvalue weighted by atomic mass is 19.4. The summed E-state index contributed by atoms with van der Waals surface area (Å²) in [5.41, 5.74) is -1.09. The lowest BCUT2D eigenvalue weighted by Gasteiger charge is -2.10. The number of hydrogen-bond donors (Lipinski definition) is 0. The zero-order valence-corrected chi connectivity index (χ0v) is 8.43. The van der Waals surface area contributed by atoms with Crippen molar-refractivity contribution in [2.75, 3.05) is 0 Å². The van der Waals surface area contributed by atoms with Crippen LogP contribution in [0.2, 0.25) is 0 Å². The summed E-state index contributed by atoms with van der Waals surface area (Å²) in [7, 11) is 0. The van der Waals surface area contributed by atoms with Gasteiger partial charge in [0.2, 0.25) is 0 Å². The largest absolute Gasteiger partial charge is 0.416 e. The van der Waals surface area contributed by atoms with Crippen molar-refractivity contribution >= 4 is 10.8 Å². The second kappa shape index (κ2) is 3.98. The number of hydrogen-bond acceptors (Lipinski definition) is 0. The maximum atomic E-state index is 12.6. The summed E-state index contributed by atoms with van der Waals surface area (Å²) in [5, 5.41) is 0.313. The molecule has 17 heavy (non-hydrogen) atoms. The molecule has 5 heteroatoms. The van der Waals surface area contributed by atoms with Gasteiger partial charge in [-0.1, -0.05) is 24.3 Å². The third kappa shape index (κ3) is 2.23. The van der Waals surface area contributed by atoms with E-state index in [1.54, 1.807) is 0 Å². The Morgan fingerprint density at radius 3 is 2.24 bits per heavy atom. The molecule has 2 rings (SSSR count). The van der Waals surface area contributed by atoms with Gasteiger partial charge in [0.15, 0.2) is 0 Å². The van der Waals surface area contributed by atoms with Crippen LogP contribution in [0.25, 0.3) is 10.8 Å². The molecule has 0 bridgehead atoms. The molecule has 90 valence electrons. The molecule has 2 aromatic rings. The predicted octanol–water partition coefficient (Wildman–Crippen LogP) is 4.80. The molecular formula is C12H7F5. The standard InChI is InChI=1S/C12H7F5/c13-11(14)10-3-1-2-7-6-8(12(15,16)17)4-5-9(7)10/h1-6,11H. The molecule has 0 aliphatic rings. The average Bonchev–Trinajstić information content (AvgIpc) is 2.26. The van der Waals surface area contributed by atoms with Crippen molar-refractivity contribution in [1.29, 1.82) is 0 Å². The molecule has 0 fully saturated rings. The molecule has 0 N–H and O–H groups in total. The van der Waals surface area contributed by atoms with Gasteiger partial charge in [-0.3, -0.25) is 0 Å². The fourth-order valence-electron chi connectivity index (χ4n) is 1.68. The Bertz CT molecular complexity index is 542. The predicted molar refractivity (Wildman–Crippen MR) is 53.9 cm³/mol. The number of benzene rings is 2. The molecule has 0 aromatic heterocycles. The van der Waals surface area contributed by atoms with Crippen molar-refractivity contribution in [3.63, 3.8) is 0 Å². The molecule has 0 spiro atoms. The van der Waals surface area contributed by atoms with Crippen LogP contribution in [-0.4, -0.2) is 0 Å². The Labute approximate surface area is 93.7 Å². The quantitative estimate of drug-likeness (QED) is 0.634. The molecule has 0 saturated heterocycles. The van der Waals surface area contributed by atoms with Gasteiger partial charge in [0.1, 0.15) is 0 Å². The van der Waals surface area contributed by atoms with Gasteiger partial charge in [-0.25, -0.2) is 8.78 Å². The van der Waals surface area contributed by atoms with E-state index in [4.69, 9.17) is 0 Å². The van der Waals surface area contributed by atoms with E-state index >= 15 is 0 Å². The molecule has 0 heterocycles. The smallest absolute Gasteiger partial charge is 0.205 e. The van der Waals surface area contributed by atoms with Crippen molar-refractivity contribution in [3.8, 4) is 0 Å². The summed E-state index contributed by atoms with van der Waals surface area (Å²) >= 11 is 0. The third-order valence-corrected chi connectivity index (χ3v) is 2.48. The summed E-state index contributed by atoms with van der Waals surface area (Å²) in [6.45, 7) is 0. The molecule has 0 radical (unpaired) electrons. The molecular weight excluding hydrogens is 239 g/mol. The first-order valence-electron chi connectivity index (χ1n) is 4.77. The van der Waals surface area contributed by atoms with E-state index in [1.807, 2.05) is 0 Å². The van der Waals surface area contributed by atoms with Gasteiger partial charge in [-0.05, 0) is 22.9 Å². The van der Waals surface area contributed by atoms with Crippen LogP contribution in [0, 0.1) is 0 Å². The third-order valence-electron chi connectivity index (χ3n) is 2.48. The SMILES string of the molecule is FC(F)c1cccc2cc(C(F)(F)F)ccc12. The van der Waals surface area contributed by atoms with Crippen molar-refractivity contribution < 1.29 is 22.0 Å². The minimum absolute atomic E-state index is 0.149. The molecule has 0 atom stereocenters. The second-order valence-corrected chi connectivity index (χ2v) is 3.58. The minimum Gasteiger partial charge on any atom is -0.205 e. The summed E-state index contributed by atoms with van der Waals surface area (Å²) < 4.78 is 62.5. The molecule has 0 saturated carbocycles. The van der Waals surface area contributed by atoms with Crippen molar-refractivity contribution in [1.82, 2.24) is 0 Å². The Morgan fingerprint density at radius 1 is 0.941 bits per heavy atom. The number of fused-ring (bicyclic) bond motifs is 1. The maximum Gasteiger partial charge on any atom is 0.416 e. The maximum absolute atomic E-state index is 12.6. The fraction of sp³-hybridized carbons (Fsp3) is 0.167. The van der Waals surface area contributed by atoms with Crippen LogP contribution in [0.3, 0.4) is 0 Å². The molecule has 0 aliphatic heterocycles. The van der Waals surface area contributed by atoms with Crippen LogP contribution in [0.5, 0.6) is 0 Å². The highest BCUT2D eigenvalue weighted by Gasteiger charge is 2.30. The van der Waals surface area contributed by atoms with Crippen molar-refractivity contribution in [3.05, 3.63) is 47.5 Å². The highest BCUT2D eigenvalue weighted by Crippen LogP contribution is 2.34. The van der Waals surface area contributed by atoms with Crippen LogP contribution in [-0.2, 0) is 6.18 Å². The van der Waals surface area contributed by atoms with Gasteiger partial charge < -0.3 is 0 Å². The molecule has 0 amide bonds. The summed E-state index contributed by atoms with van der Waals surface area (Å²) in [6, 6.07) is 6.69. The lowest BCUT2D eigenvalue weighted by Crippen LogP contribution is -2.04. The molecule has 0 aliphatic carbocycles. The van der Waals surface area contributed by atoms with Crippen molar-refractivity contribution in [2.45, 2.75) is 12.6 Å². The topological polar surface area (TPSA) is 0 Å². The van der Waals surface area contributed by atoms with Gasteiger partial charge in [-0.15, -0.1) is 0 Å². The van der Waals surface area contributed by atoms with E-state index in [0.29, 0.717) is 0 Å². The first kappa shape index (κ1) is 11.8. The highest BCUT2D eigenvalue weighted by molar-refractivity contribution is 5.86. The lowest BCUT2D eigenvalue weighted by atomic mass is 10.0. The number of halogens is 5. The van der Waals surface area contributed by atoms with Crippen LogP contribution in [0.1, 0.15) is 17.6 Å².